The summed E-state index contributed by atoms with van der Waals surface area (Å²) in [6, 6.07) is 11.5. The third-order valence-electron chi connectivity index (χ3n) is 5.36. The quantitative estimate of drug-likeness (QED) is 0.809. The number of nitrogen functional groups attached to an aromatic ring is 1. The molecule has 0 saturated heterocycles. The van der Waals surface area contributed by atoms with E-state index in [1.807, 2.05) is 12.3 Å². The first kappa shape index (κ1) is 17.7. The number of hydrogen-bond acceptors (Lipinski definition) is 3. The summed E-state index contributed by atoms with van der Waals surface area (Å²) in [7, 11) is 0. The van der Waals surface area contributed by atoms with Gasteiger partial charge in [0.2, 0.25) is 0 Å². The van der Waals surface area contributed by atoms with E-state index in [0.717, 1.165) is 0 Å². The number of nitrogens with zero attached hydrogens (tertiary/aromatic N) is 1. The topological polar surface area (TPSA) is 50.9 Å². The Morgan fingerprint density at radius 1 is 1.24 bits per heavy atom. The summed E-state index contributed by atoms with van der Waals surface area (Å²) in [5.74, 6) is 1.19. The van der Waals surface area contributed by atoms with Crippen LogP contribution in [-0.2, 0) is 0 Å². The van der Waals surface area contributed by atoms with Crippen LogP contribution in [0.3, 0.4) is 0 Å². The molecule has 3 nitrogen and oxygen atoms in total. The molecule has 0 amide bonds. The summed E-state index contributed by atoms with van der Waals surface area (Å²) in [6.07, 6.45) is 9.88. The lowest BCUT2D eigenvalue weighted by molar-refractivity contribution is 0.456. The molecule has 1 aliphatic rings. The van der Waals surface area contributed by atoms with Crippen molar-refractivity contribution in [2.75, 3.05) is 5.73 Å². The molecule has 0 bridgehead atoms. The van der Waals surface area contributed by atoms with E-state index < -0.39 is 0 Å². The number of aryl methyl sites for hydroxylation is 1. The van der Waals surface area contributed by atoms with Gasteiger partial charge in [-0.3, -0.25) is 0 Å². The molecule has 3 atom stereocenters. The van der Waals surface area contributed by atoms with E-state index >= 15 is 0 Å². The van der Waals surface area contributed by atoms with Gasteiger partial charge in [-0.25, -0.2) is 4.98 Å². The number of aromatic nitrogens is 1. The van der Waals surface area contributed by atoms with Crippen LogP contribution in [0.4, 0.5) is 5.82 Å². The Labute approximate surface area is 151 Å². The molecule has 0 aliphatic heterocycles. The predicted octanol–water partition coefficient (Wildman–Crippen LogP) is 4.99. The molecule has 1 saturated carbocycles. The molecule has 1 fully saturated rings. The van der Waals surface area contributed by atoms with E-state index in [9.17, 15) is 0 Å². The van der Waals surface area contributed by atoms with Crippen LogP contribution >= 0.6 is 0 Å². The fourth-order valence-corrected chi connectivity index (χ4v) is 4.01. The number of hydrogen-bond donors (Lipinski definition) is 2. The van der Waals surface area contributed by atoms with Crippen molar-refractivity contribution in [1.29, 1.82) is 0 Å². The van der Waals surface area contributed by atoms with E-state index in [2.05, 4.69) is 67.5 Å². The molecule has 132 valence electrons. The second-order valence-corrected chi connectivity index (χ2v) is 7.19. The maximum Gasteiger partial charge on any atom is 0.123 e. The van der Waals surface area contributed by atoms with Crippen molar-refractivity contribution in [2.24, 2.45) is 0 Å². The van der Waals surface area contributed by atoms with Gasteiger partial charge in [0, 0.05) is 18.3 Å². The zero-order valence-corrected chi connectivity index (χ0v) is 15.5. The minimum Gasteiger partial charge on any atom is -0.384 e. The van der Waals surface area contributed by atoms with Crippen LogP contribution in [0.25, 0.3) is 6.08 Å². The Morgan fingerprint density at radius 3 is 2.80 bits per heavy atom. The summed E-state index contributed by atoms with van der Waals surface area (Å²) in [5.41, 5.74) is 11.1. The Kier molecular flexibility index (Phi) is 5.54. The average Bonchev–Trinajstić information content (AvgIpc) is 3.06. The monoisotopic (exact) mass is 335 g/mol. The highest BCUT2D eigenvalue weighted by Gasteiger charge is 2.27. The van der Waals surface area contributed by atoms with Crippen molar-refractivity contribution < 1.29 is 0 Å². The molecule has 0 unspecified atom stereocenters. The van der Waals surface area contributed by atoms with Gasteiger partial charge in [0.15, 0.2) is 0 Å². The molecule has 1 heterocycles. The van der Waals surface area contributed by atoms with Crippen molar-refractivity contribution in [3.05, 3.63) is 64.9 Å². The Morgan fingerprint density at radius 2 is 2.08 bits per heavy atom. The van der Waals surface area contributed by atoms with Gasteiger partial charge < -0.3 is 11.1 Å². The molecular formula is C22H29N3. The first-order chi connectivity index (χ1) is 12.1. The molecule has 0 radical (unpaired) electrons. The summed E-state index contributed by atoms with van der Waals surface area (Å²) in [6.45, 7) is 6.54. The van der Waals surface area contributed by atoms with E-state index in [4.69, 9.17) is 5.73 Å². The normalized spacial score (nSPS) is 21.7. The standard InChI is InChI=1S/C22H29N3/c1-4-6-20-15(2)7-5-8-21(20)16(3)25-19-11-9-17(13-19)18-10-12-22(23)24-14-18/h4-8,10,12,14,16-17,19,25H,9,11,13H2,1-3H3,(H2,23,24)/b6-4-/t16-,17-,19+/m1/s1. The van der Waals surface area contributed by atoms with Crippen LogP contribution in [0.15, 0.2) is 42.6 Å². The van der Waals surface area contributed by atoms with Crippen LogP contribution in [-0.4, -0.2) is 11.0 Å². The predicted molar refractivity (Wildman–Crippen MR) is 106 cm³/mol. The first-order valence-electron chi connectivity index (χ1n) is 9.28. The molecule has 25 heavy (non-hydrogen) atoms. The van der Waals surface area contributed by atoms with Gasteiger partial charge in [-0.1, -0.05) is 36.4 Å². The molecule has 3 heteroatoms. The molecule has 1 aromatic heterocycles. The van der Waals surface area contributed by atoms with Crippen LogP contribution in [0, 0.1) is 6.92 Å². The number of rotatable bonds is 5. The molecule has 0 spiro atoms. The second-order valence-electron chi connectivity index (χ2n) is 7.19. The van der Waals surface area contributed by atoms with Crippen molar-refractivity contribution in [3.63, 3.8) is 0 Å². The van der Waals surface area contributed by atoms with Crippen molar-refractivity contribution in [2.45, 2.75) is 58.0 Å². The largest absolute Gasteiger partial charge is 0.384 e. The van der Waals surface area contributed by atoms with Crippen LogP contribution < -0.4 is 11.1 Å². The lowest BCUT2D eigenvalue weighted by atomic mass is 9.95. The average molecular weight is 335 g/mol. The number of nitrogens with one attached hydrogen (secondary N) is 1. The van der Waals surface area contributed by atoms with Crippen molar-refractivity contribution in [3.8, 4) is 0 Å². The van der Waals surface area contributed by atoms with E-state index in [1.54, 1.807) is 0 Å². The highest BCUT2D eigenvalue weighted by atomic mass is 15.0. The second kappa shape index (κ2) is 7.83. The molecule has 3 N–H and O–H groups in total. The van der Waals surface area contributed by atoms with Gasteiger partial charge in [-0.15, -0.1) is 0 Å². The van der Waals surface area contributed by atoms with E-state index in [1.165, 1.54) is 41.5 Å². The van der Waals surface area contributed by atoms with Crippen molar-refractivity contribution in [1.82, 2.24) is 10.3 Å². The highest BCUT2D eigenvalue weighted by molar-refractivity contribution is 5.58. The molecule has 2 aromatic rings. The number of allylic oxidation sites excluding steroid dienone is 1. The van der Waals surface area contributed by atoms with E-state index in [-0.39, 0.29) is 0 Å². The number of benzene rings is 1. The van der Waals surface area contributed by atoms with Gasteiger partial charge in [-0.2, -0.15) is 0 Å². The lowest BCUT2D eigenvalue weighted by Crippen LogP contribution is -2.29. The summed E-state index contributed by atoms with van der Waals surface area (Å²) in [5, 5.41) is 3.85. The van der Waals surface area contributed by atoms with Crippen molar-refractivity contribution >= 4 is 11.9 Å². The summed E-state index contributed by atoms with van der Waals surface area (Å²) < 4.78 is 0. The third kappa shape index (κ3) is 4.10. The molecule has 1 aliphatic carbocycles. The zero-order valence-electron chi connectivity index (χ0n) is 15.5. The molecule has 3 rings (SSSR count). The minimum absolute atomic E-state index is 0.347. The minimum atomic E-state index is 0.347. The van der Waals surface area contributed by atoms with E-state index in [0.29, 0.717) is 23.8 Å². The van der Waals surface area contributed by atoms with Gasteiger partial charge in [0.25, 0.3) is 0 Å². The Bertz CT molecular complexity index is 733. The van der Waals surface area contributed by atoms with Crippen LogP contribution in [0.1, 0.15) is 67.3 Å². The van der Waals surface area contributed by atoms with Gasteiger partial charge >= 0.3 is 0 Å². The first-order valence-corrected chi connectivity index (χ1v) is 9.28. The SMILES string of the molecule is C/C=C\c1c(C)cccc1[C@@H](C)N[C@H]1CC[C@@H](c2ccc(N)nc2)C1. The fourth-order valence-electron chi connectivity index (χ4n) is 4.01. The Hall–Kier alpha value is -2.13. The smallest absolute Gasteiger partial charge is 0.123 e. The number of anilines is 1. The maximum absolute atomic E-state index is 5.70. The molecular weight excluding hydrogens is 306 g/mol. The number of pyridine rings is 1. The highest BCUT2D eigenvalue weighted by Crippen LogP contribution is 2.35. The van der Waals surface area contributed by atoms with Gasteiger partial charge in [0.05, 0.1) is 0 Å². The van der Waals surface area contributed by atoms with Crippen LogP contribution in [0.5, 0.6) is 0 Å². The maximum atomic E-state index is 5.70. The molecule has 1 aromatic carbocycles. The Balaban J connectivity index is 1.67. The summed E-state index contributed by atoms with van der Waals surface area (Å²) >= 11 is 0. The van der Waals surface area contributed by atoms with Gasteiger partial charge in [0.1, 0.15) is 5.82 Å². The lowest BCUT2D eigenvalue weighted by Gasteiger charge is -2.22. The third-order valence-corrected chi connectivity index (χ3v) is 5.36. The zero-order chi connectivity index (χ0) is 17.8. The van der Waals surface area contributed by atoms with Gasteiger partial charge in [-0.05, 0) is 74.3 Å². The van der Waals surface area contributed by atoms with Crippen LogP contribution in [0.2, 0.25) is 0 Å². The fraction of sp³-hybridized carbons (Fsp3) is 0.409. The number of nitrogens with two attached hydrogens (primary N) is 1. The summed E-state index contributed by atoms with van der Waals surface area (Å²) in [4.78, 5) is 4.25.